The van der Waals surface area contributed by atoms with Crippen molar-refractivity contribution in [2.45, 2.75) is 91.6 Å². The Hall–Kier alpha value is -0.790. The zero-order valence-electron chi connectivity index (χ0n) is 16.6. The largest absolute Gasteiger partial charge is 0.463 e. The minimum absolute atomic E-state index is 0.0996. The Labute approximate surface area is 153 Å². The second-order valence-electron chi connectivity index (χ2n) is 9.96. The summed E-state index contributed by atoms with van der Waals surface area (Å²) in [5, 5.41) is 0. The van der Waals surface area contributed by atoms with Gasteiger partial charge in [-0.1, -0.05) is 38.8 Å². The quantitative estimate of drug-likeness (QED) is 0.460. The number of ether oxygens (including phenoxy) is 1. The lowest BCUT2D eigenvalue weighted by atomic mass is 9.46. The summed E-state index contributed by atoms with van der Waals surface area (Å²) in [5.74, 6) is 3.23. The molecular formula is C23H36O2. The predicted molar refractivity (Wildman–Crippen MR) is 101 cm³/mol. The van der Waals surface area contributed by atoms with Gasteiger partial charge in [0.25, 0.3) is 0 Å². The van der Waals surface area contributed by atoms with Crippen LogP contribution in [0.3, 0.4) is 0 Å². The minimum Gasteiger partial charge on any atom is -0.463 e. The maximum absolute atomic E-state index is 11.4. The third-order valence-corrected chi connectivity index (χ3v) is 9.03. The number of carbonyl (C=O) groups excluding carboxylic acids is 1. The Kier molecular flexibility index (Phi) is 4.32. The normalized spacial score (nSPS) is 48.8. The first-order valence-corrected chi connectivity index (χ1v) is 10.8. The molecule has 25 heavy (non-hydrogen) atoms. The summed E-state index contributed by atoms with van der Waals surface area (Å²) >= 11 is 0. The molecule has 0 aromatic carbocycles. The van der Waals surface area contributed by atoms with Gasteiger partial charge in [0.15, 0.2) is 0 Å². The van der Waals surface area contributed by atoms with E-state index in [-0.39, 0.29) is 12.1 Å². The number of fused-ring (bicyclic) bond motifs is 5. The van der Waals surface area contributed by atoms with Crippen LogP contribution in [0.15, 0.2) is 11.6 Å². The molecule has 2 nitrogen and oxygen atoms in total. The number of hydrogen-bond donors (Lipinski definition) is 0. The van der Waals surface area contributed by atoms with Crippen molar-refractivity contribution < 1.29 is 9.53 Å². The number of rotatable bonds is 2. The molecule has 4 rings (SSSR count). The van der Waals surface area contributed by atoms with Gasteiger partial charge in [-0.3, -0.25) is 4.79 Å². The van der Waals surface area contributed by atoms with E-state index in [0.29, 0.717) is 10.8 Å². The van der Waals surface area contributed by atoms with Crippen LogP contribution in [0, 0.1) is 34.5 Å². The molecule has 0 amide bonds. The zero-order valence-corrected chi connectivity index (χ0v) is 16.6. The van der Waals surface area contributed by atoms with Gasteiger partial charge in [-0.25, -0.2) is 0 Å². The highest BCUT2D eigenvalue weighted by Gasteiger charge is 2.57. The van der Waals surface area contributed by atoms with Crippen LogP contribution in [0.25, 0.3) is 0 Å². The number of esters is 1. The summed E-state index contributed by atoms with van der Waals surface area (Å²) in [6.07, 6.45) is 14.4. The zero-order chi connectivity index (χ0) is 17.8. The number of allylic oxidation sites excluding steroid dienone is 2. The molecule has 0 spiro atoms. The molecule has 0 N–H and O–H groups in total. The second kappa shape index (κ2) is 6.13. The van der Waals surface area contributed by atoms with Gasteiger partial charge in [0.2, 0.25) is 0 Å². The SMILES string of the molecule is CC[C@H]1CC=C2[C@@H]3CCC4C[C@@H](OC(C)=O)CC[C@]4(C)[C@H]3CC[C@@]21C. The Morgan fingerprint density at radius 2 is 2.00 bits per heavy atom. The van der Waals surface area contributed by atoms with Crippen molar-refractivity contribution in [1.29, 1.82) is 0 Å². The van der Waals surface area contributed by atoms with E-state index in [0.717, 1.165) is 36.5 Å². The predicted octanol–water partition coefficient (Wildman–Crippen LogP) is 5.91. The van der Waals surface area contributed by atoms with Crippen LogP contribution < -0.4 is 0 Å². The van der Waals surface area contributed by atoms with E-state index in [1.807, 2.05) is 5.57 Å². The minimum atomic E-state index is -0.0996. The first kappa shape index (κ1) is 17.6. The van der Waals surface area contributed by atoms with Crippen LogP contribution in [0.5, 0.6) is 0 Å². The summed E-state index contributed by atoms with van der Waals surface area (Å²) in [5.41, 5.74) is 2.80. The Bertz CT molecular complexity index is 579. The van der Waals surface area contributed by atoms with E-state index in [1.165, 1.54) is 44.9 Å². The highest BCUT2D eigenvalue weighted by atomic mass is 16.5. The fourth-order valence-electron chi connectivity index (χ4n) is 7.60. The molecule has 4 aliphatic rings. The van der Waals surface area contributed by atoms with Crippen molar-refractivity contribution in [3.63, 3.8) is 0 Å². The van der Waals surface area contributed by atoms with Crippen LogP contribution in [0.1, 0.15) is 85.5 Å². The van der Waals surface area contributed by atoms with Crippen LogP contribution in [0.4, 0.5) is 0 Å². The third kappa shape index (κ3) is 2.61. The molecule has 0 aromatic rings. The van der Waals surface area contributed by atoms with Crippen molar-refractivity contribution in [2.24, 2.45) is 34.5 Å². The Morgan fingerprint density at radius 1 is 1.20 bits per heavy atom. The van der Waals surface area contributed by atoms with E-state index in [2.05, 4.69) is 26.8 Å². The van der Waals surface area contributed by atoms with Gasteiger partial charge >= 0.3 is 5.97 Å². The lowest BCUT2D eigenvalue weighted by Gasteiger charge is -2.59. The smallest absolute Gasteiger partial charge is 0.302 e. The molecule has 0 heterocycles. The molecule has 0 aliphatic heterocycles. The number of carbonyl (C=O) groups is 1. The third-order valence-electron chi connectivity index (χ3n) is 9.03. The van der Waals surface area contributed by atoms with Gasteiger partial charge in [-0.2, -0.15) is 0 Å². The van der Waals surface area contributed by atoms with Gasteiger partial charge in [0.05, 0.1) is 0 Å². The number of hydrogen-bond acceptors (Lipinski definition) is 2. The molecule has 2 heteroatoms. The highest BCUT2D eigenvalue weighted by Crippen LogP contribution is 2.66. The van der Waals surface area contributed by atoms with Crippen LogP contribution in [-0.2, 0) is 9.53 Å². The van der Waals surface area contributed by atoms with E-state index < -0.39 is 0 Å². The fourth-order valence-corrected chi connectivity index (χ4v) is 7.60. The standard InChI is InChI=1S/C23H36O2/c1-5-16-7-9-20-19-8-6-17-14-18(25-15(2)24)10-12-23(17,4)21(19)11-13-22(16,20)3/h9,16-19,21H,5-8,10-14H2,1-4H3/t16-,17?,18-,19-,21-,22+,23-/m0/s1. The summed E-state index contributed by atoms with van der Waals surface area (Å²) in [6.45, 7) is 9.09. The average Bonchev–Trinajstić information content (AvgIpc) is 2.91. The first-order valence-electron chi connectivity index (χ1n) is 10.8. The highest BCUT2D eigenvalue weighted by molar-refractivity contribution is 5.66. The van der Waals surface area contributed by atoms with Gasteiger partial charge in [0, 0.05) is 6.92 Å². The lowest BCUT2D eigenvalue weighted by molar-refractivity contribution is -0.155. The summed E-state index contributed by atoms with van der Waals surface area (Å²) in [7, 11) is 0. The Morgan fingerprint density at radius 3 is 2.72 bits per heavy atom. The van der Waals surface area contributed by atoms with E-state index in [1.54, 1.807) is 6.92 Å². The maximum atomic E-state index is 11.4. The molecule has 0 radical (unpaired) electrons. The topological polar surface area (TPSA) is 26.3 Å². The molecule has 3 saturated carbocycles. The van der Waals surface area contributed by atoms with E-state index in [4.69, 9.17) is 4.74 Å². The fraction of sp³-hybridized carbons (Fsp3) is 0.870. The molecule has 140 valence electrons. The van der Waals surface area contributed by atoms with Crippen LogP contribution in [0.2, 0.25) is 0 Å². The average molecular weight is 345 g/mol. The van der Waals surface area contributed by atoms with Crippen LogP contribution in [-0.4, -0.2) is 12.1 Å². The molecule has 1 unspecified atom stereocenters. The van der Waals surface area contributed by atoms with Crippen molar-refractivity contribution >= 4 is 5.97 Å². The molecule has 3 fully saturated rings. The van der Waals surface area contributed by atoms with Gasteiger partial charge in [-0.15, -0.1) is 0 Å². The lowest BCUT2D eigenvalue weighted by Crippen LogP contribution is -2.52. The molecule has 4 aliphatic carbocycles. The van der Waals surface area contributed by atoms with Crippen molar-refractivity contribution in [1.82, 2.24) is 0 Å². The van der Waals surface area contributed by atoms with Gasteiger partial charge in [0.1, 0.15) is 6.10 Å². The summed E-state index contributed by atoms with van der Waals surface area (Å²) in [6, 6.07) is 0. The summed E-state index contributed by atoms with van der Waals surface area (Å²) in [4.78, 5) is 11.4. The molecule has 0 saturated heterocycles. The van der Waals surface area contributed by atoms with E-state index >= 15 is 0 Å². The van der Waals surface area contributed by atoms with Crippen molar-refractivity contribution in [3.8, 4) is 0 Å². The first-order chi connectivity index (χ1) is 11.9. The second-order valence-corrected chi connectivity index (χ2v) is 9.96. The monoisotopic (exact) mass is 344 g/mol. The van der Waals surface area contributed by atoms with Gasteiger partial charge in [-0.05, 0) is 85.9 Å². The maximum Gasteiger partial charge on any atom is 0.302 e. The molecular weight excluding hydrogens is 308 g/mol. The molecule has 0 aromatic heterocycles. The Balaban J connectivity index is 1.55. The van der Waals surface area contributed by atoms with Crippen LogP contribution >= 0.6 is 0 Å². The summed E-state index contributed by atoms with van der Waals surface area (Å²) < 4.78 is 5.58. The van der Waals surface area contributed by atoms with Crippen molar-refractivity contribution in [3.05, 3.63) is 11.6 Å². The molecule has 7 atom stereocenters. The molecule has 0 bridgehead atoms. The van der Waals surface area contributed by atoms with Crippen molar-refractivity contribution in [2.75, 3.05) is 0 Å². The van der Waals surface area contributed by atoms with Gasteiger partial charge < -0.3 is 4.74 Å². The van der Waals surface area contributed by atoms with E-state index in [9.17, 15) is 4.79 Å².